The Kier molecular flexibility index (Phi) is 4.50. The number of urea groups is 1. The maximum atomic E-state index is 13.3. The van der Waals surface area contributed by atoms with Crippen molar-refractivity contribution in [1.82, 2.24) is 5.32 Å². The maximum Gasteiger partial charge on any atom is 0.319 e. The number of halogens is 1. The number of furan rings is 1. The number of hydrogen-bond donors (Lipinski definition) is 2. The zero-order chi connectivity index (χ0) is 16.2. The van der Waals surface area contributed by atoms with E-state index in [0.29, 0.717) is 18.0 Å². The number of carbonyl (C=O) groups excluding carboxylic acids is 1. The first kappa shape index (κ1) is 15.4. The van der Waals surface area contributed by atoms with Crippen LogP contribution in [0.3, 0.4) is 0 Å². The molecular formula is C17H19FN2O3. The van der Waals surface area contributed by atoms with E-state index in [-0.39, 0.29) is 12.1 Å². The van der Waals surface area contributed by atoms with E-state index in [4.69, 9.17) is 9.15 Å². The van der Waals surface area contributed by atoms with Crippen molar-refractivity contribution in [2.45, 2.75) is 32.2 Å². The summed E-state index contributed by atoms with van der Waals surface area (Å²) in [5, 5.41) is 5.65. The fourth-order valence-corrected chi connectivity index (χ4v) is 2.83. The topological polar surface area (TPSA) is 63.5 Å². The normalized spacial score (nSPS) is 16.5. The lowest BCUT2D eigenvalue weighted by Gasteiger charge is -2.23. The van der Waals surface area contributed by atoms with Crippen molar-refractivity contribution in [1.29, 1.82) is 0 Å². The van der Waals surface area contributed by atoms with E-state index in [9.17, 15) is 9.18 Å². The molecule has 1 aliphatic rings. The summed E-state index contributed by atoms with van der Waals surface area (Å²) < 4.78 is 24.1. The average molecular weight is 318 g/mol. The molecule has 5 nitrogen and oxygen atoms in total. The minimum absolute atomic E-state index is 0.0755. The van der Waals surface area contributed by atoms with E-state index in [1.807, 2.05) is 6.07 Å². The van der Waals surface area contributed by atoms with Crippen LogP contribution in [-0.2, 0) is 6.42 Å². The molecule has 1 heterocycles. The van der Waals surface area contributed by atoms with E-state index < -0.39 is 5.82 Å². The van der Waals surface area contributed by atoms with Crippen molar-refractivity contribution in [3.05, 3.63) is 47.7 Å². The molecule has 1 atom stereocenters. The molecule has 0 bridgehead atoms. The zero-order valence-electron chi connectivity index (χ0n) is 12.9. The molecule has 2 N–H and O–H groups in total. The molecule has 3 rings (SSSR count). The van der Waals surface area contributed by atoms with Crippen molar-refractivity contribution >= 4 is 11.7 Å². The average Bonchev–Trinajstić information content (AvgIpc) is 3.00. The first-order valence-corrected chi connectivity index (χ1v) is 7.73. The monoisotopic (exact) mass is 318 g/mol. The molecule has 0 saturated heterocycles. The van der Waals surface area contributed by atoms with Gasteiger partial charge in [-0.15, -0.1) is 0 Å². The van der Waals surface area contributed by atoms with Crippen LogP contribution in [0.15, 0.2) is 34.9 Å². The van der Waals surface area contributed by atoms with Crippen LogP contribution in [0.1, 0.15) is 37.1 Å². The van der Waals surface area contributed by atoms with Crippen LogP contribution in [0.2, 0.25) is 0 Å². The van der Waals surface area contributed by atoms with Crippen LogP contribution in [0.25, 0.3) is 0 Å². The van der Waals surface area contributed by atoms with Crippen molar-refractivity contribution in [3.8, 4) is 5.75 Å². The van der Waals surface area contributed by atoms with E-state index in [0.717, 1.165) is 30.6 Å². The number of benzene rings is 1. The predicted molar refractivity (Wildman–Crippen MR) is 84.1 cm³/mol. The molecule has 0 fully saturated rings. The Bertz CT molecular complexity index is 699. The zero-order valence-corrected chi connectivity index (χ0v) is 12.9. The van der Waals surface area contributed by atoms with Gasteiger partial charge in [0.2, 0.25) is 0 Å². The number of nitrogens with one attached hydrogen (secondary N) is 2. The maximum absolute atomic E-state index is 13.3. The van der Waals surface area contributed by atoms with Gasteiger partial charge in [-0.2, -0.15) is 0 Å². The van der Waals surface area contributed by atoms with E-state index in [2.05, 4.69) is 10.6 Å². The Balaban J connectivity index is 1.69. The summed E-state index contributed by atoms with van der Waals surface area (Å²) in [5.41, 5.74) is 1.46. The van der Waals surface area contributed by atoms with Crippen LogP contribution in [0.4, 0.5) is 14.9 Å². The highest BCUT2D eigenvalue weighted by molar-refractivity contribution is 5.91. The SMILES string of the molecule is CCOc1cc(F)ccc1NC(=O)NC1CCCc2occc21. The fourth-order valence-electron chi connectivity index (χ4n) is 2.83. The molecule has 1 unspecified atom stereocenters. The number of rotatable bonds is 4. The van der Waals surface area contributed by atoms with Crippen LogP contribution in [0, 0.1) is 5.82 Å². The molecule has 0 aliphatic heterocycles. The summed E-state index contributed by atoms with van der Waals surface area (Å²) in [4.78, 5) is 12.3. The second-order valence-electron chi connectivity index (χ2n) is 5.42. The van der Waals surface area contributed by atoms with Crippen LogP contribution in [-0.4, -0.2) is 12.6 Å². The molecular weight excluding hydrogens is 299 g/mol. The van der Waals surface area contributed by atoms with Gasteiger partial charge in [-0.25, -0.2) is 9.18 Å². The molecule has 0 saturated carbocycles. The molecule has 2 amide bonds. The van der Waals surface area contributed by atoms with E-state index in [1.54, 1.807) is 13.2 Å². The Hall–Kier alpha value is -2.50. The standard InChI is InChI=1S/C17H19FN2O3/c1-2-22-16-10-11(18)6-7-14(16)20-17(21)19-13-4-3-5-15-12(13)8-9-23-15/h6-10,13H,2-5H2,1H3,(H2,19,20,21). The molecule has 122 valence electrons. The number of carbonyl (C=O) groups is 1. The summed E-state index contributed by atoms with van der Waals surface area (Å²) in [6, 6.07) is 5.50. The first-order valence-electron chi connectivity index (χ1n) is 7.73. The van der Waals surface area contributed by atoms with Gasteiger partial charge in [0, 0.05) is 18.1 Å². The summed E-state index contributed by atoms with van der Waals surface area (Å²) in [6.45, 7) is 2.19. The van der Waals surface area contributed by atoms with Gasteiger partial charge >= 0.3 is 6.03 Å². The molecule has 2 aromatic rings. The highest BCUT2D eigenvalue weighted by atomic mass is 19.1. The Morgan fingerprint density at radius 3 is 3.13 bits per heavy atom. The molecule has 0 radical (unpaired) electrons. The number of fused-ring (bicyclic) bond motifs is 1. The second kappa shape index (κ2) is 6.73. The third kappa shape index (κ3) is 3.47. The largest absolute Gasteiger partial charge is 0.492 e. The highest BCUT2D eigenvalue weighted by Crippen LogP contribution is 2.31. The van der Waals surface area contributed by atoms with Gasteiger partial charge in [-0.1, -0.05) is 0 Å². The molecule has 1 aliphatic carbocycles. The minimum Gasteiger partial charge on any atom is -0.492 e. The lowest BCUT2D eigenvalue weighted by Crippen LogP contribution is -2.34. The van der Waals surface area contributed by atoms with Gasteiger partial charge in [0.15, 0.2) is 0 Å². The van der Waals surface area contributed by atoms with Crippen molar-refractivity contribution < 1.29 is 18.3 Å². The van der Waals surface area contributed by atoms with E-state index in [1.165, 1.54) is 18.2 Å². The van der Waals surface area contributed by atoms with Gasteiger partial charge in [0.25, 0.3) is 0 Å². The number of amides is 2. The van der Waals surface area contributed by atoms with Gasteiger partial charge < -0.3 is 19.8 Å². The number of anilines is 1. The van der Waals surface area contributed by atoms with Crippen LogP contribution >= 0.6 is 0 Å². The third-order valence-corrected chi connectivity index (χ3v) is 3.85. The third-order valence-electron chi connectivity index (χ3n) is 3.85. The van der Waals surface area contributed by atoms with Gasteiger partial charge in [-0.05, 0) is 38.0 Å². The quantitative estimate of drug-likeness (QED) is 0.895. The van der Waals surface area contributed by atoms with Crippen LogP contribution < -0.4 is 15.4 Å². The Morgan fingerprint density at radius 1 is 1.43 bits per heavy atom. The summed E-state index contributed by atoms with van der Waals surface area (Å²) in [5.74, 6) is 0.836. The van der Waals surface area contributed by atoms with Gasteiger partial charge in [0.1, 0.15) is 17.3 Å². The summed E-state index contributed by atoms with van der Waals surface area (Å²) in [7, 11) is 0. The Morgan fingerprint density at radius 2 is 2.30 bits per heavy atom. The minimum atomic E-state index is -0.408. The molecule has 1 aromatic heterocycles. The first-order chi connectivity index (χ1) is 11.2. The predicted octanol–water partition coefficient (Wildman–Crippen LogP) is 4.02. The number of hydrogen-bond acceptors (Lipinski definition) is 3. The molecule has 6 heteroatoms. The van der Waals surface area contributed by atoms with Crippen molar-refractivity contribution in [3.63, 3.8) is 0 Å². The van der Waals surface area contributed by atoms with Gasteiger partial charge in [-0.3, -0.25) is 0 Å². The molecule has 0 spiro atoms. The highest BCUT2D eigenvalue weighted by Gasteiger charge is 2.24. The second-order valence-corrected chi connectivity index (χ2v) is 5.42. The lowest BCUT2D eigenvalue weighted by molar-refractivity contribution is 0.246. The summed E-state index contributed by atoms with van der Waals surface area (Å²) in [6.07, 6.45) is 4.37. The molecule has 1 aromatic carbocycles. The fraction of sp³-hybridized carbons (Fsp3) is 0.353. The van der Waals surface area contributed by atoms with Crippen LogP contribution in [0.5, 0.6) is 5.75 Å². The lowest BCUT2D eigenvalue weighted by atomic mass is 9.93. The number of aryl methyl sites for hydroxylation is 1. The number of ether oxygens (including phenoxy) is 1. The molecule has 23 heavy (non-hydrogen) atoms. The smallest absolute Gasteiger partial charge is 0.319 e. The van der Waals surface area contributed by atoms with Crippen molar-refractivity contribution in [2.24, 2.45) is 0 Å². The van der Waals surface area contributed by atoms with Gasteiger partial charge in [0.05, 0.1) is 24.6 Å². The Labute approximate surface area is 133 Å². The van der Waals surface area contributed by atoms with Crippen molar-refractivity contribution in [2.75, 3.05) is 11.9 Å². The van der Waals surface area contributed by atoms with E-state index >= 15 is 0 Å². The summed E-state index contributed by atoms with van der Waals surface area (Å²) >= 11 is 0.